The van der Waals surface area contributed by atoms with Crippen LogP contribution in [0.25, 0.3) is 10.9 Å². The van der Waals surface area contributed by atoms with Crippen molar-refractivity contribution in [1.82, 2.24) is 4.57 Å². The van der Waals surface area contributed by atoms with Crippen LogP contribution in [0.4, 0.5) is 0 Å². The quantitative estimate of drug-likeness (QED) is 0.515. The van der Waals surface area contributed by atoms with Crippen LogP contribution in [-0.4, -0.2) is 29.4 Å². The van der Waals surface area contributed by atoms with Gasteiger partial charge in [-0.3, -0.25) is 0 Å². The third-order valence-corrected chi connectivity index (χ3v) is 5.28. The molecule has 1 N–H and O–H groups in total. The number of carbonyl (C=O) groups excluding carboxylic acids is 1. The Bertz CT molecular complexity index is 948. The Morgan fingerprint density at radius 1 is 1.23 bits per heavy atom. The van der Waals surface area contributed by atoms with E-state index >= 15 is 0 Å². The zero-order valence-corrected chi connectivity index (χ0v) is 15.8. The molecule has 0 bridgehead atoms. The average molecular weight is 371 g/mol. The second-order valence-electron chi connectivity index (χ2n) is 5.74. The molecule has 0 radical (unpaired) electrons. The highest BCUT2D eigenvalue weighted by Crippen LogP contribution is 2.36. The van der Waals surface area contributed by atoms with E-state index < -0.39 is 0 Å². The normalized spacial score (nSPS) is 10.9. The summed E-state index contributed by atoms with van der Waals surface area (Å²) >= 11 is 1.59. The van der Waals surface area contributed by atoms with E-state index in [0.717, 1.165) is 21.9 Å². The minimum absolute atomic E-state index is 0.123. The molecule has 26 heavy (non-hydrogen) atoms. The lowest BCUT2D eigenvalue weighted by molar-refractivity contribution is 0.0527. The van der Waals surface area contributed by atoms with E-state index in [1.54, 1.807) is 37.9 Å². The first-order valence-corrected chi connectivity index (χ1v) is 9.28. The van der Waals surface area contributed by atoms with Crippen LogP contribution in [0.1, 0.15) is 23.0 Å². The number of aryl methyl sites for hydroxylation is 1. The molecule has 0 unspecified atom stereocenters. The molecule has 0 fully saturated rings. The van der Waals surface area contributed by atoms with Gasteiger partial charge in [0.25, 0.3) is 0 Å². The first kappa shape index (κ1) is 18.2. The van der Waals surface area contributed by atoms with Gasteiger partial charge in [0.1, 0.15) is 11.5 Å². The van der Waals surface area contributed by atoms with Crippen LogP contribution in [0.2, 0.25) is 0 Å². The first-order valence-electron chi connectivity index (χ1n) is 8.30. The molecule has 3 aromatic rings. The van der Waals surface area contributed by atoms with Gasteiger partial charge < -0.3 is 19.1 Å². The zero-order valence-electron chi connectivity index (χ0n) is 15.0. The number of hydrogen-bond acceptors (Lipinski definition) is 5. The molecule has 3 rings (SSSR count). The summed E-state index contributed by atoms with van der Waals surface area (Å²) in [4.78, 5) is 13.6. The highest BCUT2D eigenvalue weighted by molar-refractivity contribution is 7.98. The van der Waals surface area contributed by atoms with Crippen LogP contribution in [0, 0.1) is 0 Å². The van der Waals surface area contributed by atoms with Crippen LogP contribution >= 0.6 is 11.8 Å². The number of carbonyl (C=O) groups is 1. The van der Waals surface area contributed by atoms with Gasteiger partial charge in [-0.15, -0.1) is 11.8 Å². The van der Waals surface area contributed by atoms with Crippen molar-refractivity contribution in [2.45, 2.75) is 17.6 Å². The topological polar surface area (TPSA) is 60.7 Å². The lowest BCUT2D eigenvalue weighted by Crippen LogP contribution is -2.08. The summed E-state index contributed by atoms with van der Waals surface area (Å²) in [7, 11) is 3.56. The molecule has 0 aliphatic heterocycles. The number of nitrogens with zero attached hydrogens (tertiary/aromatic N) is 1. The molecule has 0 aliphatic rings. The van der Waals surface area contributed by atoms with Crippen molar-refractivity contribution < 1.29 is 19.4 Å². The summed E-state index contributed by atoms with van der Waals surface area (Å²) in [6.07, 6.45) is 0. The Morgan fingerprint density at radius 2 is 2.00 bits per heavy atom. The summed E-state index contributed by atoms with van der Waals surface area (Å²) in [5.74, 6) is 1.11. The Morgan fingerprint density at radius 3 is 2.73 bits per heavy atom. The maximum atomic E-state index is 12.6. The van der Waals surface area contributed by atoms with E-state index in [0.29, 0.717) is 23.3 Å². The van der Waals surface area contributed by atoms with Gasteiger partial charge in [0.2, 0.25) is 0 Å². The number of methoxy groups -OCH3 is 1. The van der Waals surface area contributed by atoms with Gasteiger partial charge in [0.15, 0.2) is 0 Å². The van der Waals surface area contributed by atoms with Gasteiger partial charge in [-0.1, -0.05) is 12.1 Å². The summed E-state index contributed by atoms with van der Waals surface area (Å²) in [6, 6.07) is 12.8. The SMILES string of the molecule is CCOC(=O)c1c(CSc2ccccc2OC)n(C)c2ccc(O)cc12. The van der Waals surface area contributed by atoms with Gasteiger partial charge in [-0.05, 0) is 37.3 Å². The van der Waals surface area contributed by atoms with Crippen LogP contribution in [0.15, 0.2) is 47.4 Å². The number of benzene rings is 2. The number of aromatic nitrogens is 1. The smallest absolute Gasteiger partial charge is 0.340 e. The number of aromatic hydroxyl groups is 1. The Kier molecular flexibility index (Phi) is 5.42. The first-order chi connectivity index (χ1) is 12.6. The second-order valence-corrected chi connectivity index (χ2v) is 6.76. The van der Waals surface area contributed by atoms with E-state index in [2.05, 4.69) is 0 Å². The molecule has 0 saturated heterocycles. The molecule has 5 nitrogen and oxygen atoms in total. The lowest BCUT2D eigenvalue weighted by Gasteiger charge is -2.10. The number of para-hydroxylation sites is 1. The third kappa shape index (κ3) is 3.37. The average Bonchev–Trinajstić information content (AvgIpc) is 2.91. The monoisotopic (exact) mass is 371 g/mol. The van der Waals surface area contributed by atoms with E-state index in [-0.39, 0.29) is 11.7 Å². The zero-order chi connectivity index (χ0) is 18.7. The van der Waals surface area contributed by atoms with Crippen molar-refractivity contribution in [3.8, 4) is 11.5 Å². The van der Waals surface area contributed by atoms with Crippen molar-refractivity contribution in [2.75, 3.05) is 13.7 Å². The number of phenols is 1. The van der Waals surface area contributed by atoms with Crippen molar-refractivity contribution >= 4 is 28.6 Å². The van der Waals surface area contributed by atoms with Crippen molar-refractivity contribution in [1.29, 1.82) is 0 Å². The van der Waals surface area contributed by atoms with Crippen LogP contribution in [-0.2, 0) is 17.5 Å². The number of ether oxygens (including phenoxy) is 2. The Labute approximate surface area is 156 Å². The molecule has 2 aromatic carbocycles. The minimum Gasteiger partial charge on any atom is -0.508 e. The summed E-state index contributed by atoms with van der Waals surface area (Å²) in [5.41, 5.74) is 2.23. The van der Waals surface area contributed by atoms with Gasteiger partial charge in [0, 0.05) is 34.3 Å². The van der Waals surface area contributed by atoms with Crippen LogP contribution in [0.5, 0.6) is 11.5 Å². The fourth-order valence-corrected chi connectivity index (χ4v) is 4.07. The van der Waals surface area contributed by atoms with Crippen molar-refractivity contribution in [2.24, 2.45) is 7.05 Å². The van der Waals surface area contributed by atoms with E-state index in [1.165, 1.54) is 0 Å². The molecule has 0 amide bonds. The van der Waals surface area contributed by atoms with Gasteiger partial charge in [0.05, 0.1) is 19.3 Å². The van der Waals surface area contributed by atoms with Crippen LogP contribution in [0.3, 0.4) is 0 Å². The fourth-order valence-electron chi connectivity index (χ4n) is 2.97. The highest BCUT2D eigenvalue weighted by Gasteiger charge is 2.23. The molecule has 0 aliphatic carbocycles. The van der Waals surface area contributed by atoms with Gasteiger partial charge >= 0.3 is 5.97 Å². The molecule has 6 heteroatoms. The third-order valence-electron chi connectivity index (χ3n) is 4.22. The molecular formula is C20H21NO4S. The lowest BCUT2D eigenvalue weighted by atomic mass is 10.1. The number of hydrogen-bond donors (Lipinski definition) is 1. The number of esters is 1. The largest absolute Gasteiger partial charge is 0.508 e. The number of thioether (sulfide) groups is 1. The molecule has 0 atom stereocenters. The maximum Gasteiger partial charge on any atom is 0.340 e. The van der Waals surface area contributed by atoms with E-state index in [1.807, 2.05) is 41.9 Å². The second kappa shape index (κ2) is 7.74. The van der Waals surface area contributed by atoms with Crippen molar-refractivity contribution in [3.63, 3.8) is 0 Å². The highest BCUT2D eigenvalue weighted by atomic mass is 32.2. The number of phenolic OH excluding ortho intramolecular Hbond substituents is 1. The Hall–Kier alpha value is -2.60. The predicted octanol–water partition coefficient (Wildman–Crippen LogP) is 4.36. The maximum absolute atomic E-state index is 12.6. The number of rotatable bonds is 6. The molecule has 1 aromatic heterocycles. The molecule has 1 heterocycles. The standard InChI is InChI=1S/C20H21NO4S/c1-4-25-20(23)19-14-11-13(22)9-10-15(14)21(2)16(19)12-26-18-8-6-5-7-17(18)24-3/h5-11,22H,4,12H2,1-3H3. The van der Waals surface area contributed by atoms with Crippen LogP contribution < -0.4 is 4.74 Å². The van der Waals surface area contributed by atoms with E-state index in [4.69, 9.17) is 9.47 Å². The summed E-state index contributed by atoms with van der Waals surface area (Å²) in [5, 5.41) is 10.6. The van der Waals surface area contributed by atoms with Gasteiger partial charge in [-0.2, -0.15) is 0 Å². The molecular weight excluding hydrogens is 350 g/mol. The fraction of sp³-hybridized carbons (Fsp3) is 0.250. The van der Waals surface area contributed by atoms with E-state index in [9.17, 15) is 9.90 Å². The van der Waals surface area contributed by atoms with Crippen molar-refractivity contribution in [3.05, 3.63) is 53.7 Å². The molecule has 136 valence electrons. The van der Waals surface area contributed by atoms with Gasteiger partial charge in [-0.25, -0.2) is 4.79 Å². The minimum atomic E-state index is -0.376. The Balaban J connectivity index is 2.05. The summed E-state index contributed by atoms with van der Waals surface area (Å²) in [6.45, 7) is 2.08. The molecule has 0 saturated carbocycles. The summed E-state index contributed by atoms with van der Waals surface area (Å²) < 4.78 is 12.6. The predicted molar refractivity (Wildman–Crippen MR) is 103 cm³/mol. The molecule has 0 spiro atoms. The number of fused-ring (bicyclic) bond motifs is 1.